The second-order valence-electron chi connectivity index (χ2n) is 8.13. The number of amides is 1. The van der Waals surface area contributed by atoms with Crippen molar-refractivity contribution >= 4 is 23.3 Å². The minimum atomic E-state index is 0.118. The standard InChI is InChI=1S/C25H30N4O2S/c1-4-7-21-8-5-6-9-23(21)31-17-20-14-24(32-18-20)25(30)29-12-10-28(11-13-29)16-22-15-27(3)26-19(22)2/h4-9,14-15,18H,10-13,16-17H2,1-3H3/b7-4+. The molecule has 3 heterocycles. The van der Waals surface area contributed by atoms with Crippen LogP contribution in [0.4, 0.5) is 0 Å². The molecule has 1 fully saturated rings. The van der Waals surface area contributed by atoms with Crippen LogP contribution < -0.4 is 4.74 Å². The summed E-state index contributed by atoms with van der Waals surface area (Å²) >= 11 is 1.50. The number of allylic oxidation sites excluding steroid dienone is 1. The second kappa shape index (κ2) is 10.1. The van der Waals surface area contributed by atoms with Crippen LogP contribution in [0.2, 0.25) is 0 Å². The minimum Gasteiger partial charge on any atom is -0.488 e. The number of hydrogen-bond acceptors (Lipinski definition) is 5. The summed E-state index contributed by atoms with van der Waals surface area (Å²) in [6, 6.07) is 9.95. The van der Waals surface area contributed by atoms with Crippen molar-refractivity contribution < 1.29 is 9.53 Å². The van der Waals surface area contributed by atoms with Gasteiger partial charge in [-0.3, -0.25) is 14.4 Å². The SMILES string of the molecule is C/C=C/c1ccccc1OCc1csc(C(=O)N2CCN(Cc3cn(C)nc3C)CC2)c1. The number of hydrogen-bond donors (Lipinski definition) is 0. The molecule has 1 aromatic carbocycles. The van der Waals surface area contributed by atoms with Crippen LogP contribution in [0.5, 0.6) is 5.75 Å². The van der Waals surface area contributed by atoms with Crippen LogP contribution in [0.3, 0.4) is 0 Å². The number of rotatable bonds is 7. The van der Waals surface area contributed by atoms with Crippen molar-refractivity contribution in [3.8, 4) is 5.75 Å². The summed E-state index contributed by atoms with van der Waals surface area (Å²) in [7, 11) is 1.95. The molecular formula is C25H30N4O2S. The highest BCUT2D eigenvalue weighted by Gasteiger charge is 2.24. The third kappa shape index (κ3) is 5.29. The highest BCUT2D eigenvalue weighted by molar-refractivity contribution is 7.12. The molecule has 168 valence electrons. The van der Waals surface area contributed by atoms with Crippen LogP contribution in [0.25, 0.3) is 6.08 Å². The van der Waals surface area contributed by atoms with E-state index in [9.17, 15) is 4.79 Å². The first-order chi connectivity index (χ1) is 15.5. The molecule has 1 saturated heterocycles. The van der Waals surface area contributed by atoms with Gasteiger partial charge in [-0.15, -0.1) is 11.3 Å². The lowest BCUT2D eigenvalue weighted by molar-refractivity contribution is 0.0633. The van der Waals surface area contributed by atoms with Crippen LogP contribution in [0.15, 0.2) is 48.0 Å². The smallest absolute Gasteiger partial charge is 0.264 e. The zero-order chi connectivity index (χ0) is 22.5. The quantitative estimate of drug-likeness (QED) is 0.537. The number of nitrogens with zero attached hydrogens (tertiary/aromatic N) is 4. The lowest BCUT2D eigenvalue weighted by Gasteiger charge is -2.34. The maximum absolute atomic E-state index is 13.0. The van der Waals surface area contributed by atoms with Gasteiger partial charge in [0.2, 0.25) is 0 Å². The summed E-state index contributed by atoms with van der Waals surface area (Å²) in [5, 5.41) is 6.44. The number of carbonyl (C=O) groups excluding carboxylic acids is 1. The third-order valence-electron chi connectivity index (χ3n) is 5.69. The summed E-state index contributed by atoms with van der Waals surface area (Å²) in [6.45, 7) is 8.64. The Labute approximate surface area is 193 Å². The number of aryl methyl sites for hydroxylation is 2. The largest absolute Gasteiger partial charge is 0.488 e. The average Bonchev–Trinajstić information content (AvgIpc) is 3.39. The highest BCUT2D eigenvalue weighted by Crippen LogP contribution is 2.23. The van der Waals surface area contributed by atoms with Crippen molar-refractivity contribution in [3.63, 3.8) is 0 Å². The molecule has 0 radical (unpaired) electrons. The Hall–Kier alpha value is -2.90. The number of thiophene rings is 1. The van der Waals surface area contributed by atoms with E-state index in [1.165, 1.54) is 16.9 Å². The lowest BCUT2D eigenvalue weighted by atomic mass is 10.2. The van der Waals surface area contributed by atoms with Gasteiger partial charge in [-0.05, 0) is 31.4 Å². The number of benzene rings is 1. The van der Waals surface area contributed by atoms with E-state index >= 15 is 0 Å². The predicted octanol–water partition coefficient (Wildman–Crippen LogP) is 4.36. The van der Waals surface area contributed by atoms with Crippen LogP contribution in [0.1, 0.15) is 39.0 Å². The van der Waals surface area contributed by atoms with Crippen molar-refractivity contribution in [2.75, 3.05) is 26.2 Å². The molecule has 32 heavy (non-hydrogen) atoms. The number of para-hydroxylation sites is 1. The van der Waals surface area contributed by atoms with Crippen LogP contribution in [-0.4, -0.2) is 51.7 Å². The number of piperazine rings is 1. The van der Waals surface area contributed by atoms with E-state index in [0.717, 1.165) is 60.2 Å². The molecule has 6 nitrogen and oxygen atoms in total. The molecule has 0 bridgehead atoms. The van der Waals surface area contributed by atoms with Gasteiger partial charge in [-0.1, -0.05) is 30.4 Å². The van der Waals surface area contributed by atoms with E-state index in [4.69, 9.17) is 4.74 Å². The highest BCUT2D eigenvalue weighted by atomic mass is 32.1. The fourth-order valence-corrected chi connectivity index (χ4v) is 4.83. The first-order valence-electron chi connectivity index (χ1n) is 11.0. The van der Waals surface area contributed by atoms with Crippen molar-refractivity contribution in [1.29, 1.82) is 0 Å². The van der Waals surface area contributed by atoms with Crippen LogP contribution in [0, 0.1) is 6.92 Å². The minimum absolute atomic E-state index is 0.118. The van der Waals surface area contributed by atoms with Gasteiger partial charge in [0.15, 0.2) is 0 Å². The summed E-state index contributed by atoms with van der Waals surface area (Å²) in [4.78, 5) is 18.1. The van der Waals surface area contributed by atoms with E-state index in [1.54, 1.807) is 0 Å². The Bertz CT molecular complexity index is 1090. The Morgan fingerprint density at radius 1 is 1.22 bits per heavy atom. The second-order valence-corrected chi connectivity index (χ2v) is 9.04. The summed E-state index contributed by atoms with van der Waals surface area (Å²) in [5.74, 6) is 0.970. The number of carbonyl (C=O) groups is 1. The molecule has 0 N–H and O–H groups in total. The van der Waals surface area contributed by atoms with E-state index in [2.05, 4.69) is 16.2 Å². The normalized spacial score (nSPS) is 14.9. The molecule has 1 amide bonds. The van der Waals surface area contributed by atoms with Gasteiger partial charge in [0.05, 0.1) is 10.6 Å². The summed E-state index contributed by atoms with van der Waals surface area (Å²) in [6.07, 6.45) is 6.12. The van der Waals surface area contributed by atoms with E-state index in [1.807, 2.05) is 78.3 Å². The van der Waals surface area contributed by atoms with Gasteiger partial charge in [0, 0.05) is 62.7 Å². The molecule has 0 atom stereocenters. The first kappa shape index (κ1) is 22.3. The zero-order valence-corrected chi connectivity index (χ0v) is 19.8. The van der Waals surface area contributed by atoms with Gasteiger partial charge in [-0.25, -0.2) is 0 Å². The van der Waals surface area contributed by atoms with Gasteiger partial charge >= 0.3 is 0 Å². The molecule has 3 aromatic rings. The Morgan fingerprint density at radius 3 is 2.72 bits per heavy atom. The molecule has 1 aliphatic heterocycles. The van der Waals surface area contributed by atoms with E-state index in [-0.39, 0.29) is 5.91 Å². The van der Waals surface area contributed by atoms with Gasteiger partial charge in [0.1, 0.15) is 12.4 Å². The molecule has 2 aromatic heterocycles. The van der Waals surface area contributed by atoms with E-state index in [0.29, 0.717) is 6.61 Å². The fraction of sp³-hybridized carbons (Fsp3) is 0.360. The Kier molecular flexibility index (Phi) is 7.07. The molecule has 0 spiro atoms. The predicted molar refractivity (Wildman–Crippen MR) is 129 cm³/mol. The molecule has 0 unspecified atom stereocenters. The summed E-state index contributed by atoms with van der Waals surface area (Å²) in [5.41, 5.74) is 4.42. The van der Waals surface area contributed by atoms with Crippen molar-refractivity contribution in [1.82, 2.24) is 19.6 Å². The molecule has 0 saturated carbocycles. The molecule has 0 aliphatic carbocycles. The van der Waals surface area contributed by atoms with Crippen molar-refractivity contribution in [2.45, 2.75) is 27.0 Å². The van der Waals surface area contributed by atoms with Gasteiger partial charge in [-0.2, -0.15) is 5.10 Å². The van der Waals surface area contributed by atoms with Crippen molar-refractivity contribution in [2.24, 2.45) is 7.05 Å². The molecule has 1 aliphatic rings. The lowest BCUT2D eigenvalue weighted by Crippen LogP contribution is -2.48. The van der Waals surface area contributed by atoms with Crippen LogP contribution >= 0.6 is 11.3 Å². The Balaban J connectivity index is 1.30. The topological polar surface area (TPSA) is 50.6 Å². The maximum atomic E-state index is 13.0. The van der Waals surface area contributed by atoms with Gasteiger partial charge < -0.3 is 9.64 Å². The molecular weight excluding hydrogens is 420 g/mol. The molecule has 7 heteroatoms. The maximum Gasteiger partial charge on any atom is 0.264 e. The van der Waals surface area contributed by atoms with Crippen molar-refractivity contribution in [3.05, 3.63) is 75.2 Å². The molecule has 4 rings (SSSR count). The summed E-state index contributed by atoms with van der Waals surface area (Å²) < 4.78 is 7.88. The van der Waals surface area contributed by atoms with Crippen LogP contribution in [-0.2, 0) is 20.2 Å². The average molecular weight is 451 g/mol. The Morgan fingerprint density at radius 2 is 2.00 bits per heavy atom. The van der Waals surface area contributed by atoms with Gasteiger partial charge in [0.25, 0.3) is 5.91 Å². The fourth-order valence-electron chi connectivity index (χ4n) is 3.96. The monoisotopic (exact) mass is 450 g/mol. The van der Waals surface area contributed by atoms with E-state index < -0.39 is 0 Å². The zero-order valence-electron chi connectivity index (χ0n) is 19.0. The number of aromatic nitrogens is 2. The number of ether oxygens (including phenoxy) is 1. The first-order valence-corrected chi connectivity index (χ1v) is 11.8. The third-order valence-corrected chi connectivity index (χ3v) is 6.66.